The van der Waals surface area contributed by atoms with Crippen molar-refractivity contribution in [1.82, 2.24) is 10.3 Å². The molecule has 3 aromatic carbocycles. The van der Waals surface area contributed by atoms with Crippen molar-refractivity contribution in [2.75, 3.05) is 13.9 Å². The molecule has 7 nitrogen and oxygen atoms in total. The maximum atomic E-state index is 13.4. The second-order valence-corrected chi connectivity index (χ2v) is 8.55. The topological polar surface area (TPSA) is 78.9 Å². The number of nitrogens with one attached hydrogen (secondary N) is 1. The highest BCUT2D eigenvalue weighted by molar-refractivity contribution is 7.13. The zero-order valence-electron chi connectivity index (χ0n) is 18.7. The molecule has 1 N–H and O–H groups in total. The summed E-state index contributed by atoms with van der Waals surface area (Å²) in [6, 6.07) is 17.2. The first-order valence-electron chi connectivity index (χ1n) is 10.8. The van der Waals surface area contributed by atoms with Gasteiger partial charge in [0.1, 0.15) is 23.1 Å². The Morgan fingerprint density at radius 2 is 1.94 bits per heavy atom. The third-order valence-corrected chi connectivity index (χ3v) is 6.21. The van der Waals surface area contributed by atoms with Crippen molar-refractivity contribution in [2.45, 2.75) is 13.2 Å². The molecule has 0 atom stereocenters. The molecule has 35 heavy (non-hydrogen) atoms. The van der Waals surface area contributed by atoms with Crippen LogP contribution < -0.4 is 24.3 Å². The molecule has 4 aromatic rings. The molecule has 0 fully saturated rings. The van der Waals surface area contributed by atoms with E-state index in [1.54, 1.807) is 36.8 Å². The van der Waals surface area contributed by atoms with Crippen molar-refractivity contribution in [3.05, 3.63) is 88.7 Å². The van der Waals surface area contributed by atoms with E-state index in [1.807, 2.05) is 24.3 Å². The van der Waals surface area contributed by atoms with E-state index in [4.69, 9.17) is 18.9 Å². The van der Waals surface area contributed by atoms with Crippen LogP contribution in [0.1, 0.15) is 21.6 Å². The van der Waals surface area contributed by atoms with Gasteiger partial charge in [-0.1, -0.05) is 18.2 Å². The smallest absolute Gasteiger partial charge is 0.271 e. The molecule has 9 heteroatoms. The minimum Gasteiger partial charge on any atom is -0.493 e. The largest absolute Gasteiger partial charge is 0.493 e. The molecule has 0 bridgehead atoms. The number of thiazole rings is 1. The summed E-state index contributed by atoms with van der Waals surface area (Å²) in [6.45, 7) is 0.754. The van der Waals surface area contributed by atoms with Crippen molar-refractivity contribution in [3.63, 3.8) is 0 Å². The number of methoxy groups -OCH3 is 1. The number of nitrogens with zero attached hydrogens (tertiary/aromatic N) is 1. The van der Waals surface area contributed by atoms with Gasteiger partial charge in [0.25, 0.3) is 5.91 Å². The van der Waals surface area contributed by atoms with Crippen LogP contribution in [-0.4, -0.2) is 24.8 Å². The molecule has 2 heterocycles. The summed E-state index contributed by atoms with van der Waals surface area (Å²) in [4.78, 5) is 17.1. The first kappa shape index (κ1) is 22.7. The molecule has 0 radical (unpaired) electrons. The molecule has 1 aliphatic heterocycles. The first-order valence-corrected chi connectivity index (χ1v) is 11.6. The summed E-state index contributed by atoms with van der Waals surface area (Å²) < 4.78 is 35.4. The van der Waals surface area contributed by atoms with E-state index in [-0.39, 0.29) is 25.1 Å². The molecule has 1 aliphatic rings. The van der Waals surface area contributed by atoms with Gasteiger partial charge in [-0.15, -0.1) is 11.3 Å². The number of rotatable bonds is 8. The summed E-state index contributed by atoms with van der Waals surface area (Å²) in [5.41, 5.74) is 2.74. The summed E-state index contributed by atoms with van der Waals surface area (Å²) in [7, 11) is 1.55. The van der Waals surface area contributed by atoms with Crippen molar-refractivity contribution in [3.8, 4) is 33.6 Å². The number of aromatic nitrogens is 1. The average molecular weight is 493 g/mol. The number of carbonyl (C=O) groups is 1. The zero-order chi connectivity index (χ0) is 24.2. The summed E-state index contributed by atoms with van der Waals surface area (Å²) >= 11 is 1.36. The lowest BCUT2D eigenvalue weighted by Crippen LogP contribution is -2.23. The van der Waals surface area contributed by atoms with Gasteiger partial charge in [-0.25, -0.2) is 9.37 Å². The van der Waals surface area contributed by atoms with E-state index in [0.717, 1.165) is 11.1 Å². The normalized spacial score (nSPS) is 11.8. The third-order valence-electron chi connectivity index (χ3n) is 5.32. The highest BCUT2D eigenvalue weighted by Crippen LogP contribution is 2.35. The lowest BCUT2D eigenvalue weighted by atomic mass is 10.2. The lowest BCUT2D eigenvalue weighted by Gasteiger charge is -2.12. The summed E-state index contributed by atoms with van der Waals surface area (Å²) in [6.07, 6.45) is 0. The molecule has 0 spiro atoms. The first-order chi connectivity index (χ1) is 17.1. The van der Waals surface area contributed by atoms with Gasteiger partial charge in [0.2, 0.25) is 6.79 Å². The average Bonchev–Trinajstić information content (AvgIpc) is 3.56. The third kappa shape index (κ3) is 5.20. The Morgan fingerprint density at radius 1 is 1.06 bits per heavy atom. The van der Waals surface area contributed by atoms with E-state index >= 15 is 0 Å². The second-order valence-electron chi connectivity index (χ2n) is 7.69. The summed E-state index contributed by atoms with van der Waals surface area (Å²) in [5, 5.41) is 5.26. The molecule has 178 valence electrons. The number of halogens is 1. The van der Waals surface area contributed by atoms with Crippen molar-refractivity contribution < 1.29 is 28.1 Å². The maximum Gasteiger partial charge on any atom is 0.271 e. The summed E-state index contributed by atoms with van der Waals surface area (Å²) in [5.74, 6) is 1.83. The van der Waals surface area contributed by atoms with Gasteiger partial charge in [0, 0.05) is 17.5 Å². The molecule has 1 amide bonds. The molecule has 5 rings (SSSR count). The monoisotopic (exact) mass is 492 g/mol. The number of ether oxygens (including phenoxy) is 4. The number of amides is 1. The van der Waals surface area contributed by atoms with E-state index in [1.165, 1.54) is 23.5 Å². The molecule has 0 unspecified atom stereocenters. The van der Waals surface area contributed by atoms with E-state index in [2.05, 4.69) is 10.3 Å². The Kier molecular flexibility index (Phi) is 6.49. The molecular formula is C26H21FN2O5S. The van der Waals surface area contributed by atoms with Crippen LogP contribution in [0.3, 0.4) is 0 Å². The highest BCUT2D eigenvalue weighted by atomic mass is 32.1. The highest BCUT2D eigenvalue weighted by Gasteiger charge is 2.16. The van der Waals surface area contributed by atoms with Gasteiger partial charge in [0.05, 0.1) is 7.11 Å². The van der Waals surface area contributed by atoms with Crippen molar-refractivity contribution >= 4 is 17.2 Å². The number of hydrogen-bond acceptors (Lipinski definition) is 7. The van der Waals surface area contributed by atoms with Crippen LogP contribution in [0.4, 0.5) is 4.39 Å². The molecule has 1 aromatic heterocycles. The standard InChI is InChI=1S/C26H21FN2O5S/c1-31-23-11-18(6-8-21(23)32-13-17-3-2-4-19(27)9-17)26-29-20(14-35-26)25(30)28-12-16-5-7-22-24(10-16)34-15-33-22/h2-11,14H,12-13,15H2,1H3,(H,28,30). The van der Waals surface area contributed by atoms with Crippen LogP contribution in [0.25, 0.3) is 10.6 Å². The van der Waals surface area contributed by atoms with E-state index in [9.17, 15) is 9.18 Å². The number of benzene rings is 3. The van der Waals surface area contributed by atoms with Crippen molar-refractivity contribution in [2.24, 2.45) is 0 Å². The molecule has 0 saturated heterocycles. The van der Waals surface area contributed by atoms with Gasteiger partial charge in [-0.05, 0) is 53.6 Å². The van der Waals surface area contributed by atoms with Crippen LogP contribution in [0.5, 0.6) is 23.0 Å². The van der Waals surface area contributed by atoms with Crippen LogP contribution in [-0.2, 0) is 13.2 Å². The lowest BCUT2D eigenvalue weighted by molar-refractivity contribution is 0.0946. The molecule has 0 saturated carbocycles. The van der Waals surface area contributed by atoms with Gasteiger partial charge >= 0.3 is 0 Å². The maximum absolute atomic E-state index is 13.4. The van der Waals surface area contributed by atoms with Gasteiger partial charge < -0.3 is 24.3 Å². The fourth-order valence-electron chi connectivity index (χ4n) is 3.54. The number of fused-ring (bicyclic) bond motifs is 1. The van der Waals surface area contributed by atoms with Crippen LogP contribution in [0.2, 0.25) is 0 Å². The van der Waals surface area contributed by atoms with Crippen LogP contribution >= 0.6 is 11.3 Å². The van der Waals surface area contributed by atoms with Gasteiger partial charge in [-0.3, -0.25) is 4.79 Å². The van der Waals surface area contributed by atoms with Crippen LogP contribution in [0, 0.1) is 5.82 Å². The SMILES string of the molecule is COc1cc(-c2nc(C(=O)NCc3ccc4c(c3)OCO4)cs2)ccc1OCc1cccc(F)c1. The Hall–Kier alpha value is -4.11. The number of hydrogen-bond donors (Lipinski definition) is 1. The quantitative estimate of drug-likeness (QED) is 0.365. The predicted molar refractivity (Wildman–Crippen MR) is 129 cm³/mol. The van der Waals surface area contributed by atoms with Gasteiger partial charge in [-0.2, -0.15) is 0 Å². The predicted octanol–water partition coefficient (Wildman–Crippen LogP) is 5.20. The van der Waals surface area contributed by atoms with Crippen molar-refractivity contribution in [1.29, 1.82) is 0 Å². The Morgan fingerprint density at radius 3 is 2.80 bits per heavy atom. The second kappa shape index (κ2) is 10.0. The fraction of sp³-hybridized carbons (Fsp3) is 0.154. The zero-order valence-corrected chi connectivity index (χ0v) is 19.6. The Balaban J connectivity index is 1.23. The van der Waals surface area contributed by atoms with Gasteiger partial charge in [0.15, 0.2) is 23.0 Å². The number of carbonyl (C=O) groups excluding carboxylic acids is 1. The van der Waals surface area contributed by atoms with Crippen LogP contribution in [0.15, 0.2) is 66.0 Å². The Bertz CT molecular complexity index is 1370. The Labute approximate surface area is 205 Å². The molecular weight excluding hydrogens is 471 g/mol. The minimum atomic E-state index is -0.312. The van der Waals surface area contributed by atoms with E-state index in [0.29, 0.717) is 45.8 Å². The minimum absolute atomic E-state index is 0.206. The fourth-order valence-corrected chi connectivity index (χ4v) is 4.34. The van der Waals surface area contributed by atoms with E-state index < -0.39 is 0 Å². The molecule has 0 aliphatic carbocycles.